The summed E-state index contributed by atoms with van der Waals surface area (Å²) in [5.41, 5.74) is 0.867. The zero-order valence-electron chi connectivity index (χ0n) is 10.6. The number of anilines is 1. The lowest BCUT2D eigenvalue weighted by molar-refractivity contribution is 0.574. The Morgan fingerprint density at radius 1 is 1.50 bits per heavy atom. The summed E-state index contributed by atoms with van der Waals surface area (Å²) in [7, 11) is 1.89. The molecule has 6 nitrogen and oxygen atoms in total. The van der Waals surface area contributed by atoms with Gasteiger partial charge in [-0.2, -0.15) is 5.10 Å². The van der Waals surface area contributed by atoms with Gasteiger partial charge in [-0.1, -0.05) is 0 Å². The van der Waals surface area contributed by atoms with Crippen LogP contribution >= 0.6 is 0 Å². The van der Waals surface area contributed by atoms with E-state index in [1.54, 1.807) is 11.0 Å². The standard InChI is InChI=1S/C12H18N6/c1-18-12-10(7-17-18)11(15-8-16-12)14-6-4-9-3-2-5-13-9/h7-9,13H,2-6H2,1H3,(H,14,15,16). The largest absolute Gasteiger partial charge is 0.369 e. The summed E-state index contributed by atoms with van der Waals surface area (Å²) < 4.78 is 1.76. The summed E-state index contributed by atoms with van der Waals surface area (Å²) in [6.07, 6.45) is 7.11. The highest BCUT2D eigenvalue weighted by Crippen LogP contribution is 2.18. The average molecular weight is 246 g/mol. The summed E-state index contributed by atoms with van der Waals surface area (Å²) in [5, 5.41) is 12.1. The summed E-state index contributed by atoms with van der Waals surface area (Å²) in [5.74, 6) is 0.881. The van der Waals surface area contributed by atoms with Crippen LogP contribution in [0.1, 0.15) is 19.3 Å². The molecule has 0 aliphatic carbocycles. The van der Waals surface area contributed by atoms with Crippen molar-refractivity contribution in [2.45, 2.75) is 25.3 Å². The van der Waals surface area contributed by atoms with Crippen molar-refractivity contribution >= 4 is 16.9 Å². The average Bonchev–Trinajstić information content (AvgIpc) is 3.01. The van der Waals surface area contributed by atoms with E-state index >= 15 is 0 Å². The van der Waals surface area contributed by atoms with Gasteiger partial charge in [0.2, 0.25) is 0 Å². The Hall–Kier alpha value is -1.69. The molecule has 0 radical (unpaired) electrons. The first kappa shape index (κ1) is 11.4. The summed E-state index contributed by atoms with van der Waals surface area (Å²) in [6.45, 7) is 2.09. The fraction of sp³-hybridized carbons (Fsp3) is 0.583. The number of nitrogens with one attached hydrogen (secondary N) is 2. The SMILES string of the molecule is Cn1ncc2c(NCCC3CCCN3)ncnc21. The van der Waals surface area contributed by atoms with Gasteiger partial charge in [0.05, 0.1) is 11.6 Å². The van der Waals surface area contributed by atoms with Crippen LogP contribution in [-0.4, -0.2) is 38.9 Å². The van der Waals surface area contributed by atoms with Gasteiger partial charge in [0.25, 0.3) is 0 Å². The monoisotopic (exact) mass is 246 g/mol. The Morgan fingerprint density at radius 3 is 3.28 bits per heavy atom. The molecule has 1 unspecified atom stereocenters. The zero-order valence-corrected chi connectivity index (χ0v) is 10.6. The predicted molar refractivity (Wildman–Crippen MR) is 70.4 cm³/mol. The zero-order chi connectivity index (χ0) is 12.4. The van der Waals surface area contributed by atoms with E-state index in [0.29, 0.717) is 6.04 Å². The van der Waals surface area contributed by atoms with Gasteiger partial charge in [0.15, 0.2) is 5.65 Å². The molecule has 18 heavy (non-hydrogen) atoms. The Kier molecular flexibility index (Phi) is 3.10. The van der Waals surface area contributed by atoms with Crippen LogP contribution in [0.4, 0.5) is 5.82 Å². The fourth-order valence-corrected chi connectivity index (χ4v) is 2.47. The van der Waals surface area contributed by atoms with Gasteiger partial charge in [-0.05, 0) is 25.8 Å². The number of fused-ring (bicyclic) bond motifs is 1. The van der Waals surface area contributed by atoms with E-state index in [4.69, 9.17) is 0 Å². The minimum Gasteiger partial charge on any atom is -0.369 e. The van der Waals surface area contributed by atoms with Gasteiger partial charge < -0.3 is 10.6 Å². The Bertz CT molecular complexity index is 528. The van der Waals surface area contributed by atoms with E-state index in [-0.39, 0.29) is 0 Å². The normalized spacial score (nSPS) is 19.5. The Balaban J connectivity index is 1.66. The van der Waals surface area contributed by atoms with Gasteiger partial charge in [0.1, 0.15) is 12.1 Å². The molecule has 1 fully saturated rings. The molecule has 3 rings (SSSR count). The van der Waals surface area contributed by atoms with Crippen LogP contribution in [0.3, 0.4) is 0 Å². The second kappa shape index (κ2) is 4.89. The molecule has 1 aliphatic rings. The van der Waals surface area contributed by atoms with Gasteiger partial charge in [-0.3, -0.25) is 4.68 Å². The molecular weight excluding hydrogens is 228 g/mol. The molecule has 0 bridgehead atoms. The molecule has 2 aromatic rings. The van der Waals surface area contributed by atoms with Crippen LogP contribution in [0.2, 0.25) is 0 Å². The molecule has 0 aromatic carbocycles. The molecule has 0 spiro atoms. The van der Waals surface area contributed by atoms with Crippen molar-refractivity contribution in [2.75, 3.05) is 18.4 Å². The first-order chi connectivity index (χ1) is 8.84. The first-order valence-electron chi connectivity index (χ1n) is 6.44. The van der Waals surface area contributed by atoms with Crippen molar-refractivity contribution in [3.05, 3.63) is 12.5 Å². The third kappa shape index (κ3) is 2.15. The number of hydrogen-bond acceptors (Lipinski definition) is 5. The smallest absolute Gasteiger partial charge is 0.163 e. The van der Waals surface area contributed by atoms with Crippen molar-refractivity contribution in [1.82, 2.24) is 25.1 Å². The van der Waals surface area contributed by atoms with Crippen molar-refractivity contribution in [3.63, 3.8) is 0 Å². The highest BCUT2D eigenvalue weighted by molar-refractivity contribution is 5.85. The van der Waals surface area contributed by atoms with Gasteiger partial charge in [-0.15, -0.1) is 0 Å². The quantitative estimate of drug-likeness (QED) is 0.839. The molecule has 1 atom stereocenters. The highest BCUT2D eigenvalue weighted by Gasteiger charge is 2.13. The molecule has 6 heteroatoms. The van der Waals surface area contributed by atoms with Crippen molar-refractivity contribution in [3.8, 4) is 0 Å². The number of rotatable bonds is 4. The minimum atomic E-state index is 0.656. The van der Waals surface area contributed by atoms with Crippen LogP contribution < -0.4 is 10.6 Å². The lowest BCUT2D eigenvalue weighted by atomic mass is 10.1. The topological polar surface area (TPSA) is 67.7 Å². The number of aromatic nitrogens is 4. The molecule has 2 N–H and O–H groups in total. The van der Waals surface area contributed by atoms with Gasteiger partial charge >= 0.3 is 0 Å². The summed E-state index contributed by atoms with van der Waals surface area (Å²) >= 11 is 0. The maximum Gasteiger partial charge on any atom is 0.163 e. The molecule has 2 aromatic heterocycles. The minimum absolute atomic E-state index is 0.656. The summed E-state index contributed by atoms with van der Waals surface area (Å²) in [4.78, 5) is 8.51. The Labute approximate surface area is 106 Å². The molecule has 96 valence electrons. The third-order valence-electron chi connectivity index (χ3n) is 3.48. The molecule has 0 amide bonds. The van der Waals surface area contributed by atoms with E-state index in [1.807, 2.05) is 13.2 Å². The third-order valence-corrected chi connectivity index (χ3v) is 3.48. The van der Waals surface area contributed by atoms with Crippen molar-refractivity contribution in [1.29, 1.82) is 0 Å². The Morgan fingerprint density at radius 2 is 2.44 bits per heavy atom. The predicted octanol–water partition coefficient (Wildman–Crippen LogP) is 0.917. The van der Waals surface area contributed by atoms with Crippen LogP contribution in [0.15, 0.2) is 12.5 Å². The second-order valence-electron chi connectivity index (χ2n) is 4.74. The van der Waals surface area contributed by atoms with Crippen LogP contribution in [0.25, 0.3) is 11.0 Å². The van der Waals surface area contributed by atoms with Gasteiger partial charge in [0, 0.05) is 19.6 Å². The highest BCUT2D eigenvalue weighted by atomic mass is 15.3. The van der Waals surface area contributed by atoms with Crippen molar-refractivity contribution < 1.29 is 0 Å². The molecule has 0 saturated carbocycles. The van der Waals surface area contributed by atoms with Crippen LogP contribution in [0.5, 0.6) is 0 Å². The number of aryl methyl sites for hydroxylation is 1. The summed E-state index contributed by atoms with van der Waals surface area (Å²) in [6, 6.07) is 0.656. The fourth-order valence-electron chi connectivity index (χ4n) is 2.47. The van der Waals surface area contributed by atoms with Crippen LogP contribution in [-0.2, 0) is 7.05 Å². The van der Waals surface area contributed by atoms with Crippen molar-refractivity contribution in [2.24, 2.45) is 7.05 Å². The van der Waals surface area contributed by atoms with E-state index < -0.39 is 0 Å². The lowest BCUT2D eigenvalue weighted by Crippen LogP contribution is -2.24. The maximum absolute atomic E-state index is 4.29. The number of nitrogens with zero attached hydrogens (tertiary/aromatic N) is 4. The van der Waals surface area contributed by atoms with E-state index in [0.717, 1.165) is 36.4 Å². The van der Waals surface area contributed by atoms with Gasteiger partial charge in [-0.25, -0.2) is 9.97 Å². The van der Waals surface area contributed by atoms with E-state index in [1.165, 1.54) is 12.8 Å². The molecule has 1 saturated heterocycles. The van der Waals surface area contributed by atoms with Crippen LogP contribution in [0, 0.1) is 0 Å². The molecular formula is C12H18N6. The van der Waals surface area contributed by atoms with E-state index in [9.17, 15) is 0 Å². The first-order valence-corrected chi connectivity index (χ1v) is 6.44. The molecule has 3 heterocycles. The lowest BCUT2D eigenvalue weighted by Gasteiger charge is -2.11. The number of hydrogen-bond donors (Lipinski definition) is 2. The maximum atomic E-state index is 4.29. The molecule has 1 aliphatic heterocycles. The van der Waals surface area contributed by atoms with E-state index in [2.05, 4.69) is 25.7 Å². The second-order valence-corrected chi connectivity index (χ2v) is 4.74.